The molecule has 3 fully saturated rings. The van der Waals surface area contributed by atoms with Gasteiger partial charge >= 0.3 is 5.97 Å². The number of nitrogens with zero attached hydrogens (tertiary/aromatic N) is 2. The van der Waals surface area contributed by atoms with E-state index in [1.165, 1.54) is 0 Å². The summed E-state index contributed by atoms with van der Waals surface area (Å²) in [7, 11) is 0. The number of aromatic nitrogens is 1. The topological polar surface area (TPSA) is 42.4 Å². The zero-order valence-electron chi connectivity index (χ0n) is 9.71. The molecule has 4 nitrogen and oxygen atoms in total. The highest BCUT2D eigenvalue weighted by atomic mass is 16.5. The fourth-order valence-corrected chi connectivity index (χ4v) is 2.74. The molecule has 0 spiro atoms. The number of carbonyl (C=O) groups excluding carboxylic acids is 1. The van der Waals surface area contributed by atoms with Crippen molar-refractivity contribution in [1.29, 1.82) is 0 Å². The minimum atomic E-state index is -0.217. The highest BCUT2D eigenvalue weighted by molar-refractivity contribution is 5.89. The van der Waals surface area contributed by atoms with Crippen LogP contribution in [0.2, 0.25) is 0 Å². The molecule has 3 aliphatic heterocycles. The summed E-state index contributed by atoms with van der Waals surface area (Å²) < 4.78 is 5.60. The molecule has 4 heterocycles. The summed E-state index contributed by atoms with van der Waals surface area (Å²) in [5.74, 6) is 0.344. The lowest BCUT2D eigenvalue weighted by Crippen LogP contribution is -2.51. The maximum atomic E-state index is 11.9. The summed E-state index contributed by atoms with van der Waals surface area (Å²) in [6.45, 7) is 3.23. The average Bonchev–Trinajstić information content (AvgIpc) is 2.41. The van der Waals surface area contributed by atoms with Crippen molar-refractivity contribution >= 4 is 5.97 Å². The molecule has 2 bridgehead atoms. The van der Waals surface area contributed by atoms with E-state index in [1.54, 1.807) is 24.5 Å². The summed E-state index contributed by atoms with van der Waals surface area (Å²) in [6.07, 6.45) is 5.64. The Morgan fingerprint density at radius 1 is 1.29 bits per heavy atom. The smallest absolute Gasteiger partial charge is 0.338 e. The summed E-state index contributed by atoms with van der Waals surface area (Å²) in [4.78, 5) is 18.2. The van der Waals surface area contributed by atoms with E-state index in [2.05, 4.69) is 9.88 Å². The van der Waals surface area contributed by atoms with E-state index < -0.39 is 0 Å². The highest BCUT2D eigenvalue weighted by Crippen LogP contribution is 2.29. The lowest BCUT2D eigenvalue weighted by Gasteiger charge is -2.43. The zero-order valence-corrected chi connectivity index (χ0v) is 9.71. The average molecular weight is 232 g/mol. The summed E-state index contributed by atoms with van der Waals surface area (Å²) in [5.41, 5.74) is 0.594. The van der Waals surface area contributed by atoms with Crippen LogP contribution in [0.1, 0.15) is 23.2 Å². The minimum absolute atomic E-state index is 0.0816. The first kappa shape index (κ1) is 10.7. The molecule has 4 heteroatoms. The maximum Gasteiger partial charge on any atom is 0.338 e. The number of pyridine rings is 1. The molecule has 1 aromatic rings. The standard InChI is InChI=1S/C13H16N2O2/c16-13(11-1-5-14-6-2-11)17-12-9-15-7-3-10(12)4-8-15/h1-2,5-6,10,12H,3-4,7-9H2. The second-order valence-electron chi connectivity index (χ2n) is 4.82. The molecule has 0 aliphatic carbocycles. The molecule has 0 N–H and O–H groups in total. The number of piperidine rings is 3. The molecule has 0 saturated carbocycles. The Kier molecular flexibility index (Phi) is 2.81. The zero-order chi connectivity index (χ0) is 11.7. The minimum Gasteiger partial charge on any atom is -0.457 e. The molecule has 1 aromatic heterocycles. The van der Waals surface area contributed by atoms with E-state index in [-0.39, 0.29) is 12.1 Å². The summed E-state index contributed by atoms with van der Waals surface area (Å²) in [5, 5.41) is 0. The number of hydrogen-bond acceptors (Lipinski definition) is 4. The van der Waals surface area contributed by atoms with Crippen LogP contribution in [0.25, 0.3) is 0 Å². The Labute approximate surface area is 101 Å². The second-order valence-corrected chi connectivity index (χ2v) is 4.82. The Bertz CT molecular complexity index is 399. The van der Waals surface area contributed by atoms with Gasteiger partial charge in [-0.15, -0.1) is 0 Å². The SMILES string of the molecule is O=C(OC1CN2CCC1CC2)c1ccncc1. The first-order valence-electron chi connectivity index (χ1n) is 6.16. The van der Waals surface area contributed by atoms with Gasteiger partial charge in [-0.1, -0.05) is 0 Å². The Morgan fingerprint density at radius 2 is 2.00 bits per heavy atom. The Balaban J connectivity index is 1.66. The van der Waals surface area contributed by atoms with Crippen LogP contribution in [-0.2, 0) is 4.74 Å². The molecule has 1 unspecified atom stereocenters. The van der Waals surface area contributed by atoms with E-state index >= 15 is 0 Å². The van der Waals surface area contributed by atoms with E-state index in [0.717, 1.165) is 32.5 Å². The van der Waals surface area contributed by atoms with Gasteiger partial charge in [0.1, 0.15) is 6.10 Å². The van der Waals surface area contributed by atoms with Crippen molar-refractivity contribution in [3.63, 3.8) is 0 Å². The van der Waals surface area contributed by atoms with Crippen LogP contribution in [0.5, 0.6) is 0 Å². The molecule has 4 rings (SSSR count). The van der Waals surface area contributed by atoms with Gasteiger partial charge in [-0.05, 0) is 44.0 Å². The van der Waals surface area contributed by atoms with Gasteiger partial charge in [0.15, 0.2) is 0 Å². The molecule has 3 aliphatic rings. The third kappa shape index (κ3) is 2.17. The molecule has 0 amide bonds. The summed E-state index contributed by atoms with van der Waals surface area (Å²) in [6, 6.07) is 3.40. The first-order chi connectivity index (χ1) is 8.33. The van der Waals surface area contributed by atoms with Crippen molar-refractivity contribution in [2.24, 2.45) is 5.92 Å². The lowest BCUT2D eigenvalue weighted by molar-refractivity contribution is -0.0455. The number of fused-ring (bicyclic) bond motifs is 3. The maximum absolute atomic E-state index is 11.9. The van der Waals surface area contributed by atoms with Crippen LogP contribution in [0.4, 0.5) is 0 Å². The number of carbonyl (C=O) groups is 1. The molecule has 0 radical (unpaired) electrons. The van der Waals surface area contributed by atoms with Crippen LogP contribution in [0, 0.1) is 5.92 Å². The lowest BCUT2D eigenvalue weighted by atomic mass is 9.86. The second kappa shape index (κ2) is 4.45. The van der Waals surface area contributed by atoms with Crippen molar-refractivity contribution in [3.8, 4) is 0 Å². The first-order valence-corrected chi connectivity index (χ1v) is 6.16. The quantitative estimate of drug-likeness (QED) is 0.721. The van der Waals surface area contributed by atoms with E-state index in [9.17, 15) is 4.79 Å². The van der Waals surface area contributed by atoms with Gasteiger partial charge in [-0.25, -0.2) is 4.79 Å². The molecule has 90 valence electrons. The number of esters is 1. The van der Waals surface area contributed by atoms with Crippen LogP contribution in [-0.4, -0.2) is 41.6 Å². The molecular weight excluding hydrogens is 216 g/mol. The fourth-order valence-electron chi connectivity index (χ4n) is 2.74. The highest BCUT2D eigenvalue weighted by Gasteiger charge is 2.36. The van der Waals surface area contributed by atoms with Crippen LogP contribution in [0.3, 0.4) is 0 Å². The normalized spacial score (nSPS) is 31.2. The third-order valence-electron chi connectivity index (χ3n) is 3.77. The molecule has 3 saturated heterocycles. The van der Waals surface area contributed by atoms with Crippen LogP contribution < -0.4 is 0 Å². The van der Waals surface area contributed by atoms with E-state index in [4.69, 9.17) is 4.74 Å². The van der Waals surface area contributed by atoms with Gasteiger partial charge in [0.25, 0.3) is 0 Å². The van der Waals surface area contributed by atoms with E-state index in [1.807, 2.05) is 0 Å². The van der Waals surface area contributed by atoms with E-state index in [0.29, 0.717) is 11.5 Å². The van der Waals surface area contributed by atoms with Crippen molar-refractivity contribution in [3.05, 3.63) is 30.1 Å². The number of hydrogen-bond donors (Lipinski definition) is 0. The van der Waals surface area contributed by atoms with Gasteiger partial charge in [-0.3, -0.25) is 9.88 Å². The third-order valence-corrected chi connectivity index (χ3v) is 3.77. The Morgan fingerprint density at radius 3 is 2.59 bits per heavy atom. The van der Waals surface area contributed by atoms with Crippen molar-refractivity contribution in [2.45, 2.75) is 18.9 Å². The van der Waals surface area contributed by atoms with Gasteiger partial charge in [-0.2, -0.15) is 0 Å². The molecular formula is C13H16N2O2. The number of ether oxygens (including phenoxy) is 1. The predicted octanol–water partition coefficient (Wildman–Crippen LogP) is 1.33. The van der Waals surface area contributed by atoms with Gasteiger partial charge in [0.2, 0.25) is 0 Å². The Hall–Kier alpha value is -1.42. The number of rotatable bonds is 2. The van der Waals surface area contributed by atoms with Crippen molar-refractivity contribution in [1.82, 2.24) is 9.88 Å². The molecule has 0 aromatic carbocycles. The molecule has 17 heavy (non-hydrogen) atoms. The largest absolute Gasteiger partial charge is 0.457 e. The molecule has 1 atom stereocenters. The monoisotopic (exact) mass is 232 g/mol. The van der Waals surface area contributed by atoms with Crippen molar-refractivity contribution < 1.29 is 9.53 Å². The van der Waals surface area contributed by atoms with Gasteiger partial charge < -0.3 is 4.74 Å². The summed E-state index contributed by atoms with van der Waals surface area (Å²) >= 11 is 0. The predicted molar refractivity (Wildman–Crippen MR) is 62.6 cm³/mol. The van der Waals surface area contributed by atoms with Crippen LogP contribution in [0.15, 0.2) is 24.5 Å². The van der Waals surface area contributed by atoms with Gasteiger partial charge in [0.05, 0.1) is 5.56 Å². The van der Waals surface area contributed by atoms with Crippen molar-refractivity contribution in [2.75, 3.05) is 19.6 Å². The van der Waals surface area contributed by atoms with Crippen LogP contribution >= 0.6 is 0 Å². The van der Waals surface area contributed by atoms with Gasteiger partial charge in [0, 0.05) is 18.9 Å². The fraction of sp³-hybridized carbons (Fsp3) is 0.538.